The molecule has 2 saturated heterocycles. The zero-order valence-corrected chi connectivity index (χ0v) is 22.6. The Morgan fingerprint density at radius 1 is 1.16 bits per heavy atom. The van der Waals surface area contributed by atoms with E-state index in [4.69, 9.17) is 25.8 Å². The number of aliphatic hydroxyl groups excluding tert-OH is 1. The highest BCUT2D eigenvalue weighted by Crippen LogP contribution is 2.31. The summed E-state index contributed by atoms with van der Waals surface area (Å²) >= 11 is 6.34. The van der Waals surface area contributed by atoms with Crippen LogP contribution < -0.4 is 9.47 Å². The molecule has 0 aliphatic carbocycles. The number of carbonyl (C=O) groups excluding carboxylic acids is 1. The standard InChI is InChI=1S/C28H37ClN2O6/c1-19-12-23(13-20(2)27(19)29)36-18-28(15-26(34)31-8-6-22(32)7-9-31)17-30(10-11-37-28)16-21-4-5-25(35-3)24(33)14-21/h4-5,12-14,22,32-33H,6-11,15-18H2,1-3H3/t28-/m0/s1. The third kappa shape index (κ3) is 6.87. The van der Waals surface area contributed by atoms with Crippen molar-refractivity contribution in [2.75, 3.05) is 46.5 Å². The number of hydrogen-bond acceptors (Lipinski definition) is 7. The number of aliphatic hydroxyl groups is 1. The van der Waals surface area contributed by atoms with Gasteiger partial charge >= 0.3 is 0 Å². The van der Waals surface area contributed by atoms with Gasteiger partial charge in [0.2, 0.25) is 5.91 Å². The molecule has 2 aliphatic rings. The molecule has 0 aromatic heterocycles. The zero-order valence-electron chi connectivity index (χ0n) is 21.8. The van der Waals surface area contributed by atoms with E-state index in [1.807, 2.05) is 36.9 Å². The molecule has 4 rings (SSSR count). The van der Waals surface area contributed by atoms with E-state index in [1.165, 1.54) is 7.11 Å². The molecule has 0 bridgehead atoms. The lowest BCUT2D eigenvalue weighted by molar-refractivity contribution is -0.158. The van der Waals surface area contributed by atoms with Crippen LogP contribution in [0, 0.1) is 13.8 Å². The molecule has 0 unspecified atom stereocenters. The Morgan fingerprint density at radius 3 is 2.51 bits per heavy atom. The SMILES string of the molecule is COc1ccc(CN2CCO[C@@](COc3cc(C)c(Cl)c(C)c3)(CC(=O)N3CCC(O)CC3)C2)cc1O. The maximum absolute atomic E-state index is 13.3. The van der Waals surface area contributed by atoms with Crippen molar-refractivity contribution >= 4 is 17.5 Å². The van der Waals surface area contributed by atoms with Crippen molar-refractivity contribution in [1.82, 2.24) is 9.80 Å². The number of morpholine rings is 1. The number of ether oxygens (including phenoxy) is 3. The Labute approximate surface area is 223 Å². The van der Waals surface area contributed by atoms with Gasteiger partial charge in [-0.25, -0.2) is 0 Å². The third-order valence-electron chi connectivity index (χ3n) is 7.18. The first kappa shape index (κ1) is 27.5. The minimum Gasteiger partial charge on any atom is -0.504 e. The number of methoxy groups -OCH3 is 1. The van der Waals surface area contributed by atoms with Gasteiger partial charge in [-0.2, -0.15) is 0 Å². The monoisotopic (exact) mass is 532 g/mol. The Bertz CT molecular complexity index is 1080. The quantitative estimate of drug-likeness (QED) is 0.535. The van der Waals surface area contributed by atoms with Crippen LogP contribution in [-0.2, 0) is 16.1 Å². The molecule has 1 atom stereocenters. The molecule has 0 saturated carbocycles. The highest BCUT2D eigenvalue weighted by molar-refractivity contribution is 6.32. The van der Waals surface area contributed by atoms with Crippen LogP contribution in [0.15, 0.2) is 30.3 Å². The number of phenolic OH excluding ortho intramolecular Hbond substituents is 1. The second kappa shape index (κ2) is 11.9. The fraction of sp³-hybridized carbons (Fsp3) is 0.536. The summed E-state index contributed by atoms with van der Waals surface area (Å²) in [5.74, 6) is 1.22. The summed E-state index contributed by atoms with van der Waals surface area (Å²) in [4.78, 5) is 17.4. The van der Waals surface area contributed by atoms with Gasteiger partial charge in [0.1, 0.15) is 18.0 Å². The number of amides is 1. The van der Waals surface area contributed by atoms with Crippen LogP contribution in [0.2, 0.25) is 5.02 Å². The number of rotatable bonds is 8. The molecule has 2 aromatic rings. The lowest BCUT2D eigenvalue weighted by Gasteiger charge is -2.43. The number of aryl methyl sites for hydroxylation is 2. The van der Waals surface area contributed by atoms with E-state index >= 15 is 0 Å². The lowest BCUT2D eigenvalue weighted by Crippen LogP contribution is -2.57. The zero-order chi connectivity index (χ0) is 26.6. The van der Waals surface area contributed by atoms with E-state index in [9.17, 15) is 15.0 Å². The first-order valence-corrected chi connectivity index (χ1v) is 13.1. The van der Waals surface area contributed by atoms with Gasteiger partial charge in [0, 0.05) is 37.7 Å². The van der Waals surface area contributed by atoms with Crippen molar-refractivity contribution in [3.05, 3.63) is 52.0 Å². The van der Waals surface area contributed by atoms with Gasteiger partial charge in [-0.3, -0.25) is 9.69 Å². The fourth-order valence-electron chi connectivity index (χ4n) is 5.10. The van der Waals surface area contributed by atoms with Crippen molar-refractivity contribution in [3.8, 4) is 17.2 Å². The Kier molecular flexibility index (Phi) is 8.85. The third-order valence-corrected chi connectivity index (χ3v) is 7.78. The summed E-state index contributed by atoms with van der Waals surface area (Å²) < 4.78 is 17.7. The fourth-order valence-corrected chi connectivity index (χ4v) is 5.21. The minimum absolute atomic E-state index is 0.00269. The maximum atomic E-state index is 13.3. The van der Waals surface area contributed by atoms with Crippen molar-refractivity contribution < 1.29 is 29.2 Å². The van der Waals surface area contributed by atoms with Gasteiger partial charge in [0.15, 0.2) is 11.5 Å². The number of piperidine rings is 1. The van der Waals surface area contributed by atoms with Crippen LogP contribution in [0.1, 0.15) is 36.0 Å². The molecular weight excluding hydrogens is 496 g/mol. The van der Waals surface area contributed by atoms with Crippen molar-refractivity contribution in [2.45, 2.75) is 51.4 Å². The number of aromatic hydroxyl groups is 1. The van der Waals surface area contributed by atoms with Crippen molar-refractivity contribution in [2.24, 2.45) is 0 Å². The predicted molar refractivity (Wildman–Crippen MR) is 141 cm³/mol. The average molecular weight is 533 g/mol. The normalized spacial score (nSPS) is 21.2. The molecular formula is C28H37ClN2O6. The van der Waals surface area contributed by atoms with Crippen LogP contribution in [0.5, 0.6) is 17.2 Å². The van der Waals surface area contributed by atoms with Crippen LogP contribution in [0.4, 0.5) is 0 Å². The number of hydrogen-bond donors (Lipinski definition) is 2. The average Bonchev–Trinajstić information content (AvgIpc) is 2.87. The maximum Gasteiger partial charge on any atom is 0.225 e. The Morgan fingerprint density at radius 2 is 1.86 bits per heavy atom. The van der Waals surface area contributed by atoms with Gasteiger partial charge in [-0.05, 0) is 67.6 Å². The second-order valence-electron chi connectivity index (χ2n) is 10.2. The van der Waals surface area contributed by atoms with Crippen LogP contribution in [0.3, 0.4) is 0 Å². The van der Waals surface area contributed by atoms with Gasteiger partial charge in [-0.1, -0.05) is 17.7 Å². The molecule has 1 amide bonds. The number of carbonyl (C=O) groups is 1. The number of halogens is 1. The Hall–Kier alpha value is -2.52. The Balaban J connectivity index is 1.52. The van der Waals surface area contributed by atoms with Gasteiger partial charge < -0.3 is 29.3 Å². The smallest absolute Gasteiger partial charge is 0.225 e. The number of phenols is 1. The molecule has 9 heteroatoms. The van der Waals surface area contributed by atoms with Crippen LogP contribution >= 0.6 is 11.6 Å². The molecule has 0 radical (unpaired) electrons. The predicted octanol–water partition coefficient (Wildman–Crippen LogP) is 3.69. The minimum atomic E-state index is -0.846. The summed E-state index contributed by atoms with van der Waals surface area (Å²) in [7, 11) is 1.52. The molecule has 2 aromatic carbocycles. The van der Waals surface area contributed by atoms with E-state index in [1.54, 1.807) is 12.1 Å². The molecule has 2 fully saturated rings. The van der Waals surface area contributed by atoms with Crippen molar-refractivity contribution in [3.63, 3.8) is 0 Å². The topological polar surface area (TPSA) is 91.7 Å². The van der Waals surface area contributed by atoms with Gasteiger partial charge in [-0.15, -0.1) is 0 Å². The van der Waals surface area contributed by atoms with Crippen LogP contribution in [0.25, 0.3) is 0 Å². The molecule has 2 heterocycles. The molecule has 0 spiro atoms. The summed E-state index contributed by atoms with van der Waals surface area (Å²) in [5, 5.41) is 20.8. The first-order valence-electron chi connectivity index (χ1n) is 12.8. The van der Waals surface area contributed by atoms with E-state index in [2.05, 4.69) is 4.90 Å². The first-order chi connectivity index (χ1) is 17.7. The summed E-state index contributed by atoms with van der Waals surface area (Å²) in [6.45, 7) is 7.40. The van der Waals surface area contributed by atoms with E-state index in [0.717, 1.165) is 16.7 Å². The summed E-state index contributed by atoms with van der Waals surface area (Å²) in [6.07, 6.45) is 1.01. The number of likely N-dealkylation sites (tertiary alicyclic amines) is 1. The summed E-state index contributed by atoms with van der Waals surface area (Å²) in [6, 6.07) is 9.18. The second-order valence-corrected chi connectivity index (χ2v) is 10.6. The molecule has 2 N–H and O–H groups in total. The largest absolute Gasteiger partial charge is 0.504 e. The highest BCUT2D eigenvalue weighted by Gasteiger charge is 2.41. The van der Waals surface area contributed by atoms with E-state index < -0.39 is 5.60 Å². The molecule has 8 nitrogen and oxygen atoms in total. The number of benzene rings is 2. The van der Waals surface area contributed by atoms with E-state index in [0.29, 0.717) is 68.7 Å². The van der Waals surface area contributed by atoms with Crippen molar-refractivity contribution in [1.29, 1.82) is 0 Å². The highest BCUT2D eigenvalue weighted by atomic mass is 35.5. The van der Waals surface area contributed by atoms with Crippen LogP contribution in [-0.4, -0.2) is 84.1 Å². The molecule has 37 heavy (non-hydrogen) atoms. The molecule has 2 aliphatic heterocycles. The molecule has 202 valence electrons. The number of nitrogens with zero attached hydrogens (tertiary/aromatic N) is 2. The lowest BCUT2D eigenvalue weighted by atomic mass is 9.95. The van der Waals surface area contributed by atoms with Gasteiger partial charge in [0.05, 0.1) is 26.2 Å². The van der Waals surface area contributed by atoms with Gasteiger partial charge in [0.25, 0.3) is 0 Å². The van der Waals surface area contributed by atoms with E-state index in [-0.39, 0.29) is 30.8 Å². The summed E-state index contributed by atoms with van der Waals surface area (Å²) in [5.41, 5.74) is 1.95.